The third kappa shape index (κ3) is 5.28. The largest absolute Gasteiger partial charge is 2.00 e. The Hall–Kier alpha value is -1.66. The van der Waals surface area contributed by atoms with Gasteiger partial charge in [0.2, 0.25) is 5.75 Å². The number of para-hydroxylation sites is 1. The van der Waals surface area contributed by atoms with E-state index in [9.17, 15) is 4.79 Å². The third-order valence-electron chi connectivity index (χ3n) is 1.66. The number of hydrogen-bond acceptors (Lipinski definition) is 4. The molecule has 0 aliphatic rings. The maximum absolute atomic E-state index is 10.3. The molecule has 8 heteroatoms. The number of hydrogen-bond donors (Lipinski definition) is 2. The predicted molar refractivity (Wildman–Crippen MR) is 58.3 cm³/mol. The number of primary amides is 1. The SMILES string of the molecule is COc1cccc(C=NNC(N)=O)c1[OH2+].[OH-].[Zn+2]. The standard InChI is InChI=1S/C9H11N3O3.H2O.Zn/c1-15-7-4-2-3-6(8(7)13)5-11-12-9(10)14;;/h2-5,13H,1H3,(H3,10,12,14);1H2;/q;;+2. The molecule has 7 nitrogen and oxygen atoms in total. The predicted octanol–water partition coefficient (Wildman–Crippen LogP) is -0.0440. The number of amides is 2. The van der Waals surface area contributed by atoms with E-state index in [1.807, 2.05) is 5.43 Å². The van der Waals surface area contributed by atoms with Crippen LogP contribution in [0.2, 0.25) is 0 Å². The van der Waals surface area contributed by atoms with Gasteiger partial charge < -0.3 is 21.1 Å². The maximum Gasteiger partial charge on any atom is 2.00 e. The van der Waals surface area contributed by atoms with Crippen LogP contribution in [0.1, 0.15) is 5.56 Å². The molecular formula is C9H13N3O4Zn+2. The Morgan fingerprint density at radius 3 is 2.76 bits per heavy atom. The number of nitrogens with zero attached hydrogens (tertiary/aromatic N) is 1. The zero-order chi connectivity index (χ0) is 11.3. The van der Waals surface area contributed by atoms with E-state index in [1.54, 1.807) is 18.2 Å². The van der Waals surface area contributed by atoms with Crippen molar-refractivity contribution >= 4 is 12.2 Å². The van der Waals surface area contributed by atoms with Crippen LogP contribution < -0.4 is 15.9 Å². The zero-order valence-electron chi connectivity index (χ0n) is 9.30. The molecule has 88 valence electrons. The Morgan fingerprint density at radius 1 is 1.59 bits per heavy atom. The Labute approximate surface area is 111 Å². The van der Waals surface area contributed by atoms with Gasteiger partial charge in [-0.15, -0.1) is 0 Å². The molecule has 0 spiro atoms. The van der Waals surface area contributed by atoms with E-state index in [0.717, 1.165) is 0 Å². The molecule has 0 fully saturated rings. The zero-order valence-corrected chi connectivity index (χ0v) is 12.3. The molecule has 0 radical (unpaired) electrons. The van der Waals surface area contributed by atoms with Crippen molar-refractivity contribution < 1.29 is 39.6 Å². The maximum atomic E-state index is 10.3. The summed E-state index contributed by atoms with van der Waals surface area (Å²) in [6.45, 7) is 0. The fourth-order valence-corrected chi connectivity index (χ4v) is 0.991. The van der Waals surface area contributed by atoms with Crippen LogP contribution >= 0.6 is 0 Å². The van der Waals surface area contributed by atoms with Gasteiger partial charge in [0.15, 0.2) is 0 Å². The van der Waals surface area contributed by atoms with E-state index in [2.05, 4.69) is 5.10 Å². The summed E-state index contributed by atoms with van der Waals surface area (Å²) in [6, 6.07) is 4.32. The van der Waals surface area contributed by atoms with Gasteiger partial charge in [-0.05, 0) is 12.1 Å². The van der Waals surface area contributed by atoms with Crippen molar-refractivity contribution in [1.82, 2.24) is 5.43 Å². The molecule has 1 rings (SSSR count). The second-order valence-corrected chi connectivity index (χ2v) is 2.66. The van der Waals surface area contributed by atoms with Gasteiger partial charge in [0.25, 0.3) is 0 Å². The van der Waals surface area contributed by atoms with Crippen LogP contribution in [0.5, 0.6) is 11.5 Å². The van der Waals surface area contributed by atoms with Crippen molar-refractivity contribution in [3.05, 3.63) is 23.8 Å². The minimum absolute atomic E-state index is 0. The Kier molecular flexibility index (Phi) is 8.85. The van der Waals surface area contributed by atoms with Crippen molar-refractivity contribution in [2.45, 2.75) is 0 Å². The second kappa shape index (κ2) is 8.49. The third-order valence-corrected chi connectivity index (χ3v) is 1.66. The topological polar surface area (TPSA) is 130 Å². The van der Waals surface area contributed by atoms with Gasteiger partial charge >= 0.3 is 31.3 Å². The van der Waals surface area contributed by atoms with Crippen LogP contribution in [0, 0.1) is 0 Å². The summed E-state index contributed by atoms with van der Waals surface area (Å²) < 4.78 is 4.95. The van der Waals surface area contributed by atoms with Crippen LogP contribution in [0.3, 0.4) is 0 Å². The molecule has 0 saturated heterocycles. The Balaban J connectivity index is 0. The molecule has 0 aromatic heterocycles. The molecule has 0 bridgehead atoms. The van der Waals surface area contributed by atoms with E-state index in [-0.39, 0.29) is 30.7 Å². The molecule has 2 amide bonds. The smallest absolute Gasteiger partial charge is 0.870 e. The van der Waals surface area contributed by atoms with Crippen LogP contribution in [0.15, 0.2) is 23.3 Å². The summed E-state index contributed by atoms with van der Waals surface area (Å²) in [4.78, 5) is 10.3. The normalized spacial score (nSPS) is 9.00. The number of ether oxygens (including phenoxy) is 1. The van der Waals surface area contributed by atoms with Crippen molar-refractivity contribution in [1.29, 1.82) is 0 Å². The summed E-state index contributed by atoms with van der Waals surface area (Å²) in [7, 11) is 1.48. The van der Waals surface area contributed by atoms with E-state index >= 15 is 0 Å². The van der Waals surface area contributed by atoms with Gasteiger partial charge in [0.05, 0.1) is 18.9 Å². The Morgan fingerprint density at radius 2 is 2.24 bits per heavy atom. The fraction of sp³-hybridized carbons (Fsp3) is 0.111. The summed E-state index contributed by atoms with van der Waals surface area (Å²) in [5.74, 6) is 0.646. The number of carbonyl (C=O) groups is 1. The van der Waals surface area contributed by atoms with Crippen LogP contribution in [0.25, 0.3) is 0 Å². The molecular weight excluding hydrogens is 280 g/mol. The molecule has 1 aromatic rings. The quantitative estimate of drug-likeness (QED) is 0.351. The fourth-order valence-electron chi connectivity index (χ4n) is 0.991. The number of nitrogens with two attached hydrogens (primary N) is 1. The molecule has 0 atom stereocenters. The molecule has 0 aliphatic carbocycles. The molecule has 0 saturated carbocycles. The van der Waals surface area contributed by atoms with Gasteiger partial charge in [-0.1, -0.05) is 6.07 Å². The number of benzene rings is 1. The molecule has 0 aliphatic heterocycles. The monoisotopic (exact) mass is 291 g/mol. The number of nitrogens with one attached hydrogen (secondary N) is 1. The number of hydrazone groups is 1. The first-order valence-electron chi connectivity index (χ1n) is 4.12. The summed E-state index contributed by atoms with van der Waals surface area (Å²) in [6.07, 6.45) is 1.33. The number of urea groups is 1. The van der Waals surface area contributed by atoms with Crippen LogP contribution in [-0.2, 0) is 19.5 Å². The van der Waals surface area contributed by atoms with Gasteiger partial charge in [-0.2, -0.15) is 5.10 Å². The first-order chi connectivity index (χ1) is 7.15. The van der Waals surface area contributed by atoms with Crippen molar-refractivity contribution in [3.63, 3.8) is 0 Å². The number of rotatable bonds is 3. The van der Waals surface area contributed by atoms with Gasteiger partial charge in [0, 0.05) is 0 Å². The van der Waals surface area contributed by atoms with Gasteiger partial charge in [-0.25, -0.2) is 10.2 Å². The van der Waals surface area contributed by atoms with E-state index in [0.29, 0.717) is 11.3 Å². The molecule has 1 aromatic carbocycles. The van der Waals surface area contributed by atoms with Crippen molar-refractivity contribution in [3.8, 4) is 11.5 Å². The summed E-state index contributed by atoms with van der Waals surface area (Å²) in [5.41, 5.74) is 7.39. The van der Waals surface area contributed by atoms with Crippen molar-refractivity contribution in [2.24, 2.45) is 10.8 Å². The summed E-state index contributed by atoms with van der Waals surface area (Å²) >= 11 is 0. The van der Waals surface area contributed by atoms with E-state index in [1.165, 1.54) is 13.3 Å². The molecule has 0 unspecified atom stereocenters. The van der Waals surface area contributed by atoms with Gasteiger partial charge in [0.1, 0.15) is 0 Å². The number of methoxy groups -OCH3 is 1. The minimum atomic E-state index is -0.749. The molecule has 0 heterocycles. The average molecular weight is 293 g/mol. The molecule has 6 N–H and O–H groups in total. The first-order valence-corrected chi connectivity index (χ1v) is 4.12. The van der Waals surface area contributed by atoms with Crippen LogP contribution in [0.4, 0.5) is 4.79 Å². The van der Waals surface area contributed by atoms with Crippen molar-refractivity contribution in [2.75, 3.05) is 7.11 Å². The Bertz CT molecular complexity index is 398. The number of carbonyl (C=O) groups excluding carboxylic acids is 1. The average Bonchev–Trinajstić information content (AvgIpc) is 2.20. The van der Waals surface area contributed by atoms with E-state index in [4.69, 9.17) is 15.6 Å². The first kappa shape index (κ1) is 17.7. The van der Waals surface area contributed by atoms with Crippen LogP contribution in [-0.4, -0.2) is 29.9 Å². The second-order valence-electron chi connectivity index (χ2n) is 2.66. The molecule has 17 heavy (non-hydrogen) atoms. The van der Waals surface area contributed by atoms with Gasteiger partial charge in [-0.3, -0.25) is 0 Å². The van der Waals surface area contributed by atoms with E-state index < -0.39 is 6.03 Å². The minimum Gasteiger partial charge on any atom is -0.870 e. The summed E-state index contributed by atoms with van der Waals surface area (Å²) in [5, 5.41) is 11.2.